The Kier molecular flexibility index (Phi) is 4.82. The lowest BCUT2D eigenvalue weighted by Gasteiger charge is -2.06. The number of aliphatic carboxylic acids is 1. The number of halogens is 1. The molecular weight excluding hydrogens is 314 g/mol. The number of nitrogens with one attached hydrogen (secondary N) is 1. The van der Waals surface area contributed by atoms with Gasteiger partial charge in [-0.2, -0.15) is 0 Å². The van der Waals surface area contributed by atoms with Gasteiger partial charge in [-0.15, -0.1) is 11.3 Å². The van der Waals surface area contributed by atoms with Crippen molar-refractivity contribution < 1.29 is 19.4 Å². The number of carboxylic acids is 1. The number of benzene rings is 1. The molecule has 2 rings (SSSR count). The fourth-order valence-corrected chi connectivity index (χ4v) is 2.72. The Labute approximate surface area is 130 Å². The van der Waals surface area contributed by atoms with Gasteiger partial charge in [0.05, 0.1) is 5.02 Å². The van der Waals surface area contributed by atoms with Gasteiger partial charge in [-0.1, -0.05) is 11.6 Å². The van der Waals surface area contributed by atoms with Crippen molar-refractivity contribution in [1.29, 1.82) is 0 Å². The molecular formula is C14H12ClNO4S. The molecule has 0 bridgehead atoms. The minimum atomic E-state index is -1.05. The second-order valence-electron chi connectivity index (χ2n) is 4.22. The summed E-state index contributed by atoms with van der Waals surface area (Å²) in [6.45, 7) is 1.43. The second-order valence-corrected chi connectivity index (χ2v) is 5.48. The van der Waals surface area contributed by atoms with Crippen molar-refractivity contribution in [1.82, 2.24) is 0 Å². The predicted octanol–water partition coefficient (Wildman–Crippen LogP) is 3.43. The fourth-order valence-electron chi connectivity index (χ4n) is 1.55. The van der Waals surface area contributed by atoms with E-state index in [0.29, 0.717) is 21.3 Å². The van der Waals surface area contributed by atoms with Crippen molar-refractivity contribution in [2.75, 3.05) is 11.9 Å². The lowest BCUT2D eigenvalue weighted by molar-refractivity contribution is -0.139. The molecule has 110 valence electrons. The summed E-state index contributed by atoms with van der Waals surface area (Å²) >= 11 is 7.32. The first-order valence-corrected chi connectivity index (χ1v) is 7.22. The highest BCUT2D eigenvalue weighted by Gasteiger charge is 2.14. The molecule has 0 unspecified atom stereocenters. The summed E-state index contributed by atoms with van der Waals surface area (Å²) in [6, 6.07) is 6.42. The van der Waals surface area contributed by atoms with Crippen LogP contribution in [0.5, 0.6) is 5.75 Å². The van der Waals surface area contributed by atoms with E-state index in [1.54, 1.807) is 24.3 Å². The Morgan fingerprint density at radius 1 is 1.33 bits per heavy atom. The predicted molar refractivity (Wildman–Crippen MR) is 81.6 cm³/mol. The molecule has 0 saturated heterocycles. The summed E-state index contributed by atoms with van der Waals surface area (Å²) in [4.78, 5) is 22.9. The van der Waals surface area contributed by atoms with E-state index < -0.39 is 12.6 Å². The smallest absolute Gasteiger partial charge is 0.341 e. The fraction of sp³-hybridized carbons (Fsp3) is 0.143. The summed E-state index contributed by atoms with van der Waals surface area (Å²) < 4.78 is 5.00. The number of hydrogen-bond donors (Lipinski definition) is 2. The van der Waals surface area contributed by atoms with Crippen molar-refractivity contribution in [3.8, 4) is 5.75 Å². The maximum Gasteiger partial charge on any atom is 0.341 e. The maximum atomic E-state index is 12.1. The molecule has 0 atom stereocenters. The number of carboxylic acid groups (broad SMARTS) is 1. The second kappa shape index (κ2) is 6.60. The molecule has 7 heteroatoms. The zero-order valence-corrected chi connectivity index (χ0v) is 12.6. The van der Waals surface area contributed by atoms with E-state index in [0.717, 1.165) is 5.56 Å². The van der Waals surface area contributed by atoms with Crippen molar-refractivity contribution >= 4 is 40.5 Å². The van der Waals surface area contributed by atoms with Crippen molar-refractivity contribution in [3.63, 3.8) is 0 Å². The van der Waals surface area contributed by atoms with E-state index in [1.165, 1.54) is 11.3 Å². The summed E-state index contributed by atoms with van der Waals surface area (Å²) in [7, 11) is 0. The average molecular weight is 326 g/mol. The van der Waals surface area contributed by atoms with Crippen LogP contribution in [0.3, 0.4) is 0 Å². The first-order chi connectivity index (χ1) is 9.97. The van der Waals surface area contributed by atoms with Gasteiger partial charge in [0.15, 0.2) is 6.61 Å². The van der Waals surface area contributed by atoms with Crippen LogP contribution < -0.4 is 10.1 Å². The Bertz CT molecular complexity index is 666. The SMILES string of the molecule is Cc1csc(C(=O)Nc2ccc(OCC(=O)O)cc2)c1Cl. The van der Waals surface area contributed by atoms with Crippen LogP contribution in [-0.2, 0) is 4.79 Å². The molecule has 5 nitrogen and oxygen atoms in total. The van der Waals surface area contributed by atoms with E-state index in [-0.39, 0.29) is 5.91 Å². The number of carbonyl (C=O) groups excluding carboxylic acids is 1. The number of ether oxygens (including phenoxy) is 1. The summed E-state index contributed by atoms with van der Waals surface area (Å²) in [5, 5.41) is 13.5. The minimum Gasteiger partial charge on any atom is -0.482 e. The monoisotopic (exact) mass is 325 g/mol. The highest BCUT2D eigenvalue weighted by Crippen LogP contribution is 2.28. The molecule has 2 aromatic rings. The minimum absolute atomic E-state index is 0.280. The number of carbonyl (C=O) groups is 2. The van der Waals surface area contributed by atoms with Crippen LogP contribution in [0.15, 0.2) is 29.6 Å². The molecule has 2 N–H and O–H groups in total. The van der Waals surface area contributed by atoms with Crippen molar-refractivity contribution in [2.24, 2.45) is 0 Å². The number of amides is 1. The van der Waals surface area contributed by atoms with Crippen LogP contribution in [0, 0.1) is 6.92 Å². The zero-order valence-electron chi connectivity index (χ0n) is 11.1. The molecule has 1 aromatic carbocycles. The van der Waals surface area contributed by atoms with E-state index in [9.17, 15) is 9.59 Å². The van der Waals surface area contributed by atoms with Gasteiger partial charge in [0.1, 0.15) is 10.6 Å². The van der Waals surface area contributed by atoms with Crippen molar-refractivity contribution in [3.05, 3.63) is 45.1 Å². The standard InChI is InChI=1S/C14H12ClNO4S/c1-8-7-21-13(12(8)15)14(19)16-9-2-4-10(5-3-9)20-6-11(17)18/h2-5,7H,6H2,1H3,(H,16,19)(H,17,18). The first kappa shape index (κ1) is 15.3. The van der Waals surface area contributed by atoms with Crippen LogP contribution in [0.25, 0.3) is 0 Å². The van der Waals surface area contributed by atoms with E-state index in [2.05, 4.69) is 5.32 Å². The van der Waals surface area contributed by atoms with Gasteiger partial charge >= 0.3 is 5.97 Å². The molecule has 0 aliphatic carbocycles. The molecule has 1 heterocycles. The largest absolute Gasteiger partial charge is 0.482 e. The number of hydrogen-bond acceptors (Lipinski definition) is 4. The van der Waals surface area contributed by atoms with Gasteiger partial charge in [0.2, 0.25) is 0 Å². The van der Waals surface area contributed by atoms with Crippen LogP contribution in [0.4, 0.5) is 5.69 Å². The van der Waals surface area contributed by atoms with E-state index >= 15 is 0 Å². The first-order valence-electron chi connectivity index (χ1n) is 5.97. The lowest BCUT2D eigenvalue weighted by atomic mass is 10.3. The quantitative estimate of drug-likeness (QED) is 0.883. The molecule has 0 spiro atoms. The number of anilines is 1. The van der Waals surface area contributed by atoms with Gasteiger partial charge in [-0.05, 0) is 42.1 Å². The zero-order chi connectivity index (χ0) is 15.4. The third-order valence-corrected chi connectivity index (χ3v) is 4.28. The molecule has 0 radical (unpaired) electrons. The van der Waals surface area contributed by atoms with Crippen LogP contribution in [0.1, 0.15) is 15.2 Å². The lowest BCUT2D eigenvalue weighted by Crippen LogP contribution is -2.11. The third kappa shape index (κ3) is 3.96. The van der Waals surface area contributed by atoms with Crippen LogP contribution in [0.2, 0.25) is 5.02 Å². The van der Waals surface area contributed by atoms with Gasteiger partial charge in [-0.25, -0.2) is 4.79 Å². The Hall–Kier alpha value is -2.05. The van der Waals surface area contributed by atoms with E-state index in [1.807, 2.05) is 12.3 Å². The Morgan fingerprint density at radius 3 is 2.52 bits per heavy atom. The highest BCUT2D eigenvalue weighted by atomic mass is 35.5. The molecule has 21 heavy (non-hydrogen) atoms. The van der Waals surface area contributed by atoms with Gasteiger partial charge in [-0.3, -0.25) is 4.79 Å². The maximum absolute atomic E-state index is 12.1. The highest BCUT2D eigenvalue weighted by molar-refractivity contribution is 7.13. The summed E-state index contributed by atoms with van der Waals surface area (Å²) in [5.74, 6) is -0.909. The van der Waals surface area contributed by atoms with E-state index in [4.69, 9.17) is 21.4 Å². The van der Waals surface area contributed by atoms with Gasteiger partial charge < -0.3 is 15.2 Å². The van der Waals surface area contributed by atoms with Crippen LogP contribution in [-0.4, -0.2) is 23.6 Å². The average Bonchev–Trinajstić information content (AvgIpc) is 2.78. The summed E-state index contributed by atoms with van der Waals surface area (Å²) in [6.07, 6.45) is 0. The molecule has 0 saturated carbocycles. The number of rotatable bonds is 5. The number of thiophene rings is 1. The molecule has 0 fully saturated rings. The van der Waals surface area contributed by atoms with Crippen molar-refractivity contribution in [2.45, 2.75) is 6.92 Å². The normalized spacial score (nSPS) is 10.2. The van der Waals surface area contributed by atoms with Gasteiger partial charge in [0.25, 0.3) is 5.91 Å². The molecule has 0 aliphatic heterocycles. The number of aryl methyl sites for hydroxylation is 1. The molecule has 1 aromatic heterocycles. The molecule has 0 aliphatic rings. The Balaban J connectivity index is 2.01. The third-order valence-electron chi connectivity index (χ3n) is 2.58. The Morgan fingerprint density at radius 2 is 2.00 bits per heavy atom. The summed E-state index contributed by atoms with van der Waals surface area (Å²) in [5.41, 5.74) is 1.44. The van der Waals surface area contributed by atoms with Gasteiger partial charge in [0, 0.05) is 5.69 Å². The molecule has 1 amide bonds. The van der Waals surface area contributed by atoms with Crippen LogP contribution >= 0.6 is 22.9 Å². The topological polar surface area (TPSA) is 75.6 Å².